The molecule has 0 radical (unpaired) electrons. The maximum Gasteiger partial charge on any atom is 0.251 e. The van der Waals surface area contributed by atoms with Crippen LogP contribution in [0.1, 0.15) is 41.6 Å². The number of thioether (sulfide) groups is 1. The minimum absolute atomic E-state index is 0.0864. The van der Waals surface area contributed by atoms with E-state index in [9.17, 15) is 9.59 Å². The molecule has 4 rings (SSSR count). The van der Waals surface area contributed by atoms with Gasteiger partial charge in [-0.05, 0) is 37.1 Å². The number of carbonyl (C=O) groups excluding carboxylic acids is 2. The van der Waals surface area contributed by atoms with E-state index in [1.54, 1.807) is 0 Å². The molecule has 0 fully saturated rings. The van der Waals surface area contributed by atoms with E-state index in [-0.39, 0.29) is 29.5 Å². The summed E-state index contributed by atoms with van der Waals surface area (Å²) in [7, 11) is 1.84. The first-order chi connectivity index (χ1) is 17.7. The molecule has 0 saturated heterocycles. The van der Waals surface area contributed by atoms with Gasteiger partial charge in [-0.15, -0.1) is 21.5 Å². The Morgan fingerprint density at radius 1 is 1.08 bits per heavy atom. The van der Waals surface area contributed by atoms with Crippen molar-refractivity contribution in [1.82, 2.24) is 25.1 Å². The number of thiazole rings is 1. The van der Waals surface area contributed by atoms with Gasteiger partial charge in [0.25, 0.3) is 5.91 Å². The van der Waals surface area contributed by atoms with Crippen molar-refractivity contribution in [3.63, 3.8) is 0 Å². The molecule has 2 aromatic carbocycles. The maximum atomic E-state index is 12.8. The van der Waals surface area contributed by atoms with E-state index in [0.717, 1.165) is 21.3 Å². The molecule has 4 aromatic rings. The Labute approximate surface area is 232 Å². The first-order valence-corrected chi connectivity index (χ1v) is 14.3. The van der Waals surface area contributed by atoms with Gasteiger partial charge in [-0.1, -0.05) is 71.4 Å². The lowest BCUT2D eigenvalue weighted by Crippen LogP contribution is -2.33. The van der Waals surface area contributed by atoms with Gasteiger partial charge in [0, 0.05) is 28.0 Å². The number of nitrogens with zero attached hydrogens (tertiary/aromatic N) is 4. The van der Waals surface area contributed by atoms with Crippen LogP contribution >= 0.6 is 39.0 Å². The highest BCUT2D eigenvalue weighted by Gasteiger charge is 2.25. The zero-order valence-corrected chi connectivity index (χ0v) is 24.1. The van der Waals surface area contributed by atoms with Crippen LogP contribution in [0.15, 0.2) is 63.5 Å². The number of nitrogens with one attached hydrogen (secondary N) is 2. The normalized spacial score (nSPS) is 11.9. The molecule has 2 amide bonds. The van der Waals surface area contributed by atoms with Crippen molar-refractivity contribution in [2.75, 3.05) is 11.1 Å². The van der Waals surface area contributed by atoms with Crippen molar-refractivity contribution in [1.29, 1.82) is 0 Å². The SMILES string of the molecule is Cc1ccc(C(=O)N[C@H](c2nnc(SCC(=O)Nc3nc(-c4ccc(Br)cc4)cs3)n2C)C(C)C)cc1. The Kier molecular flexibility index (Phi) is 8.78. The van der Waals surface area contributed by atoms with Crippen molar-refractivity contribution in [2.24, 2.45) is 13.0 Å². The lowest BCUT2D eigenvalue weighted by atomic mass is 10.0. The predicted molar refractivity (Wildman–Crippen MR) is 152 cm³/mol. The van der Waals surface area contributed by atoms with Crippen LogP contribution in [-0.2, 0) is 11.8 Å². The molecule has 1 atom stereocenters. The average molecular weight is 600 g/mol. The molecular formula is C26H27BrN6O2S2. The van der Waals surface area contributed by atoms with Gasteiger partial charge < -0.3 is 15.2 Å². The molecule has 2 heterocycles. The zero-order chi connectivity index (χ0) is 26.5. The number of hydrogen-bond donors (Lipinski definition) is 2. The number of aromatic nitrogens is 4. The molecule has 2 aromatic heterocycles. The fraction of sp³-hybridized carbons (Fsp3) is 0.269. The molecule has 0 aliphatic carbocycles. The summed E-state index contributed by atoms with van der Waals surface area (Å²) in [5, 5.41) is 17.6. The van der Waals surface area contributed by atoms with Crippen LogP contribution in [0, 0.1) is 12.8 Å². The van der Waals surface area contributed by atoms with Gasteiger partial charge in [-0.2, -0.15) is 0 Å². The van der Waals surface area contributed by atoms with Gasteiger partial charge in [-0.25, -0.2) is 4.98 Å². The Morgan fingerprint density at radius 2 is 1.78 bits per heavy atom. The molecule has 0 spiro atoms. The van der Waals surface area contributed by atoms with Crippen LogP contribution in [0.5, 0.6) is 0 Å². The first kappa shape index (κ1) is 27.0. The maximum absolute atomic E-state index is 12.8. The highest BCUT2D eigenvalue weighted by molar-refractivity contribution is 9.10. The summed E-state index contributed by atoms with van der Waals surface area (Å²) in [5.74, 6) is 0.530. The van der Waals surface area contributed by atoms with Crippen molar-refractivity contribution < 1.29 is 9.59 Å². The standard InChI is InChI=1S/C26H27BrN6O2S2/c1-15(2)22(30-24(35)18-7-5-16(3)6-8-18)23-31-32-26(33(23)4)37-14-21(34)29-25-28-20(13-36-25)17-9-11-19(27)12-10-17/h5-13,15,22H,14H2,1-4H3,(H,30,35)(H,28,29,34)/t22-/m0/s1. The second kappa shape index (κ2) is 12.0. The number of amides is 2. The molecule has 0 aliphatic heterocycles. The molecule has 11 heteroatoms. The van der Waals surface area contributed by atoms with Gasteiger partial charge in [-0.3, -0.25) is 9.59 Å². The van der Waals surface area contributed by atoms with Crippen LogP contribution in [0.3, 0.4) is 0 Å². The number of hydrogen-bond acceptors (Lipinski definition) is 7. The summed E-state index contributed by atoms with van der Waals surface area (Å²) in [6, 6.07) is 15.0. The van der Waals surface area contributed by atoms with E-state index >= 15 is 0 Å². The summed E-state index contributed by atoms with van der Waals surface area (Å²) in [4.78, 5) is 29.9. The fourth-order valence-electron chi connectivity index (χ4n) is 3.55. The quantitative estimate of drug-likeness (QED) is 0.234. The van der Waals surface area contributed by atoms with Crippen LogP contribution in [-0.4, -0.2) is 37.3 Å². The number of halogens is 1. The van der Waals surface area contributed by atoms with Crippen LogP contribution < -0.4 is 10.6 Å². The average Bonchev–Trinajstić information content (AvgIpc) is 3.48. The summed E-state index contributed by atoms with van der Waals surface area (Å²) in [5.41, 5.74) is 3.48. The molecule has 2 N–H and O–H groups in total. The molecule has 0 unspecified atom stereocenters. The molecular weight excluding hydrogens is 572 g/mol. The van der Waals surface area contributed by atoms with Gasteiger partial charge in [0.2, 0.25) is 5.91 Å². The van der Waals surface area contributed by atoms with Gasteiger partial charge in [0.05, 0.1) is 17.5 Å². The number of carbonyl (C=O) groups is 2. The smallest absolute Gasteiger partial charge is 0.251 e. The van der Waals surface area contributed by atoms with Gasteiger partial charge >= 0.3 is 0 Å². The van der Waals surface area contributed by atoms with Crippen molar-refractivity contribution >= 4 is 56.0 Å². The molecule has 0 aliphatic rings. The lowest BCUT2D eigenvalue weighted by Gasteiger charge is -2.21. The van der Waals surface area contributed by atoms with E-state index in [4.69, 9.17) is 0 Å². The van der Waals surface area contributed by atoms with E-state index in [0.29, 0.717) is 21.7 Å². The zero-order valence-electron chi connectivity index (χ0n) is 20.9. The fourth-order valence-corrected chi connectivity index (χ4v) is 5.27. The Bertz CT molecular complexity index is 1380. The highest BCUT2D eigenvalue weighted by Crippen LogP contribution is 2.27. The number of aryl methyl sites for hydroxylation is 1. The third-order valence-corrected chi connectivity index (χ3v) is 7.94. The van der Waals surface area contributed by atoms with Crippen molar-refractivity contribution in [2.45, 2.75) is 32.0 Å². The summed E-state index contributed by atoms with van der Waals surface area (Å²) < 4.78 is 2.82. The summed E-state index contributed by atoms with van der Waals surface area (Å²) >= 11 is 6.09. The predicted octanol–water partition coefficient (Wildman–Crippen LogP) is 5.87. The monoisotopic (exact) mass is 598 g/mol. The largest absolute Gasteiger partial charge is 0.342 e. The van der Waals surface area contributed by atoms with Crippen molar-refractivity contribution in [3.05, 3.63) is 75.3 Å². The highest BCUT2D eigenvalue weighted by atomic mass is 79.9. The number of rotatable bonds is 9. The Morgan fingerprint density at radius 3 is 2.46 bits per heavy atom. The molecule has 37 heavy (non-hydrogen) atoms. The van der Waals surface area contributed by atoms with E-state index in [1.807, 2.05) is 86.3 Å². The minimum atomic E-state index is -0.332. The third-order valence-electron chi connectivity index (χ3n) is 5.64. The van der Waals surface area contributed by atoms with Gasteiger partial charge in [0.15, 0.2) is 16.1 Å². The summed E-state index contributed by atoms with van der Waals surface area (Å²) in [6.07, 6.45) is 0. The molecule has 192 valence electrons. The topological polar surface area (TPSA) is 102 Å². The molecule has 0 bridgehead atoms. The number of benzene rings is 2. The first-order valence-electron chi connectivity index (χ1n) is 11.6. The Hall–Kier alpha value is -3.02. The van der Waals surface area contributed by atoms with E-state index < -0.39 is 0 Å². The molecule has 0 saturated carbocycles. The summed E-state index contributed by atoms with van der Waals surface area (Å²) in [6.45, 7) is 6.02. The third kappa shape index (κ3) is 6.85. The van der Waals surface area contributed by atoms with Gasteiger partial charge in [0.1, 0.15) is 0 Å². The van der Waals surface area contributed by atoms with E-state index in [1.165, 1.54) is 23.1 Å². The van der Waals surface area contributed by atoms with Crippen LogP contribution in [0.2, 0.25) is 0 Å². The minimum Gasteiger partial charge on any atom is -0.342 e. The second-order valence-corrected chi connectivity index (χ2v) is 11.6. The molecule has 8 nitrogen and oxygen atoms in total. The second-order valence-electron chi connectivity index (χ2n) is 8.84. The Balaban J connectivity index is 1.37. The van der Waals surface area contributed by atoms with E-state index in [2.05, 4.69) is 41.7 Å². The lowest BCUT2D eigenvalue weighted by molar-refractivity contribution is -0.113. The number of anilines is 1. The van der Waals surface area contributed by atoms with Crippen LogP contribution in [0.4, 0.5) is 5.13 Å². The van der Waals surface area contributed by atoms with Crippen molar-refractivity contribution in [3.8, 4) is 11.3 Å². The van der Waals surface area contributed by atoms with Crippen LogP contribution in [0.25, 0.3) is 11.3 Å².